The molecule has 3 atom stereocenters. The van der Waals surface area contributed by atoms with Crippen molar-refractivity contribution in [2.24, 2.45) is 11.8 Å². The van der Waals surface area contributed by atoms with E-state index in [1.165, 1.54) is 7.11 Å². The first-order valence-corrected chi connectivity index (χ1v) is 4.73. The van der Waals surface area contributed by atoms with E-state index in [2.05, 4.69) is 4.74 Å². The molecule has 3 unspecified atom stereocenters. The number of aliphatic hydroxyl groups is 1. The first-order chi connectivity index (χ1) is 6.22. The summed E-state index contributed by atoms with van der Waals surface area (Å²) >= 11 is 0. The number of fused-ring (bicyclic) bond motifs is 1. The molecule has 0 radical (unpaired) electrons. The molecule has 0 aromatic heterocycles. The normalized spacial score (nSPS) is 37.7. The minimum Gasteiger partial charge on any atom is -0.453 e. The highest BCUT2D eigenvalue weighted by atomic mass is 16.5. The minimum atomic E-state index is -0.262. The molecule has 4 heteroatoms. The second-order valence-corrected chi connectivity index (χ2v) is 3.94. The van der Waals surface area contributed by atoms with Gasteiger partial charge in [-0.15, -0.1) is 0 Å². The average molecular weight is 185 g/mol. The maximum absolute atomic E-state index is 11.2. The third-order valence-electron chi connectivity index (χ3n) is 3.25. The number of carbonyl (C=O) groups is 1. The fraction of sp³-hybridized carbons (Fsp3) is 0.889. The second-order valence-electron chi connectivity index (χ2n) is 3.94. The lowest BCUT2D eigenvalue weighted by atomic mass is 10.00. The van der Waals surface area contributed by atoms with Crippen LogP contribution >= 0.6 is 0 Å². The van der Waals surface area contributed by atoms with Crippen LogP contribution in [0, 0.1) is 11.8 Å². The van der Waals surface area contributed by atoms with Crippen LogP contribution in [-0.4, -0.2) is 42.4 Å². The van der Waals surface area contributed by atoms with E-state index in [1.807, 2.05) is 0 Å². The lowest BCUT2D eigenvalue weighted by molar-refractivity contribution is 0.110. The Morgan fingerprint density at radius 3 is 2.85 bits per heavy atom. The van der Waals surface area contributed by atoms with Crippen molar-refractivity contribution in [3.8, 4) is 0 Å². The zero-order valence-electron chi connectivity index (χ0n) is 7.77. The van der Waals surface area contributed by atoms with Gasteiger partial charge in [0.2, 0.25) is 0 Å². The van der Waals surface area contributed by atoms with Gasteiger partial charge in [-0.2, -0.15) is 0 Å². The molecule has 74 valence electrons. The fourth-order valence-electron chi connectivity index (χ4n) is 2.51. The number of carbonyl (C=O) groups excluding carboxylic acids is 1. The Bertz CT molecular complexity index is 219. The second kappa shape index (κ2) is 3.18. The quantitative estimate of drug-likeness (QED) is 0.596. The Balaban J connectivity index is 1.98. The molecule has 2 fully saturated rings. The molecule has 1 aliphatic heterocycles. The number of amides is 1. The van der Waals surface area contributed by atoms with E-state index in [9.17, 15) is 9.90 Å². The molecule has 2 rings (SSSR count). The molecular formula is C9H15NO3. The van der Waals surface area contributed by atoms with Crippen molar-refractivity contribution >= 4 is 6.09 Å². The van der Waals surface area contributed by atoms with Crippen LogP contribution in [-0.2, 0) is 4.74 Å². The van der Waals surface area contributed by atoms with Crippen molar-refractivity contribution in [1.82, 2.24) is 4.90 Å². The maximum Gasteiger partial charge on any atom is 0.409 e. The summed E-state index contributed by atoms with van der Waals surface area (Å²) in [5, 5.41) is 9.59. The molecule has 0 aromatic carbocycles. The molecule has 1 aliphatic carbocycles. The molecule has 1 saturated heterocycles. The smallest absolute Gasteiger partial charge is 0.409 e. The molecule has 1 saturated carbocycles. The molecule has 1 heterocycles. The van der Waals surface area contributed by atoms with E-state index < -0.39 is 0 Å². The highest BCUT2D eigenvalue weighted by molar-refractivity contribution is 5.67. The predicted molar refractivity (Wildman–Crippen MR) is 46.2 cm³/mol. The van der Waals surface area contributed by atoms with Gasteiger partial charge < -0.3 is 14.7 Å². The van der Waals surface area contributed by atoms with Crippen molar-refractivity contribution in [3.05, 3.63) is 0 Å². The molecular weight excluding hydrogens is 170 g/mol. The zero-order chi connectivity index (χ0) is 9.42. The van der Waals surface area contributed by atoms with Crippen LogP contribution in [0.2, 0.25) is 0 Å². The van der Waals surface area contributed by atoms with Gasteiger partial charge in [0.25, 0.3) is 0 Å². The van der Waals surface area contributed by atoms with Gasteiger partial charge in [-0.1, -0.05) is 0 Å². The van der Waals surface area contributed by atoms with E-state index in [0.717, 1.165) is 19.4 Å². The molecule has 1 N–H and O–H groups in total. The zero-order valence-corrected chi connectivity index (χ0v) is 7.77. The number of nitrogens with zero attached hydrogens (tertiary/aromatic N) is 1. The lowest BCUT2D eigenvalue weighted by Crippen LogP contribution is -2.30. The molecule has 2 aliphatic rings. The van der Waals surface area contributed by atoms with E-state index in [1.54, 1.807) is 4.90 Å². The molecule has 0 spiro atoms. The monoisotopic (exact) mass is 185 g/mol. The number of hydrogen-bond acceptors (Lipinski definition) is 3. The number of hydrogen-bond donors (Lipinski definition) is 1. The van der Waals surface area contributed by atoms with Crippen molar-refractivity contribution in [3.63, 3.8) is 0 Å². The topological polar surface area (TPSA) is 49.8 Å². The van der Waals surface area contributed by atoms with Crippen LogP contribution in [0.15, 0.2) is 0 Å². The van der Waals surface area contributed by atoms with E-state index in [0.29, 0.717) is 18.4 Å². The lowest BCUT2D eigenvalue weighted by Gasteiger charge is -2.16. The SMILES string of the molecule is COC(=O)N1CC2CCC(O)C2C1. The van der Waals surface area contributed by atoms with Crippen LogP contribution in [0.1, 0.15) is 12.8 Å². The summed E-state index contributed by atoms with van der Waals surface area (Å²) in [7, 11) is 1.40. The van der Waals surface area contributed by atoms with Crippen LogP contribution < -0.4 is 0 Å². The van der Waals surface area contributed by atoms with Crippen LogP contribution in [0.4, 0.5) is 4.79 Å². The van der Waals surface area contributed by atoms with Gasteiger partial charge in [-0.3, -0.25) is 0 Å². The van der Waals surface area contributed by atoms with E-state index in [4.69, 9.17) is 0 Å². The minimum absolute atomic E-state index is 0.209. The summed E-state index contributed by atoms with van der Waals surface area (Å²) in [5.41, 5.74) is 0. The highest BCUT2D eigenvalue weighted by Crippen LogP contribution is 2.38. The Morgan fingerprint density at radius 2 is 2.23 bits per heavy atom. The molecule has 0 bridgehead atoms. The van der Waals surface area contributed by atoms with Gasteiger partial charge in [-0.25, -0.2) is 4.79 Å². The Labute approximate surface area is 77.5 Å². The van der Waals surface area contributed by atoms with Gasteiger partial charge in [-0.05, 0) is 18.8 Å². The van der Waals surface area contributed by atoms with Gasteiger partial charge >= 0.3 is 6.09 Å². The Morgan fingerprint density at radius 1 is 1.46 bits per heavy atom. The van der Waals surface area contributed by atoms with Gasteiger partial charge in [0.15, 0.2) is 0 Å². The summed E-state index contributed by atoms with van der Waals surface area (Å²) in [5.74, 6) is 0.785. The fourth-order valence-corrected chi connectivity index (χ4v) is 2.51. The first-order valence-electron chi connectivity index (χ1n) is 4.73. The van der Waals surface area contributed by atoms with Crippen molar-refractivity contribution < 1.29 is 14.6 Å². The van der Waals surface area contributed by atoms with Crippen molar-refractivity contribution in [2.75, 3.05) is 20.2 Å². The van der Waals surface area contributed by atoms with Crippen molar-refractivity contribution in [2.45, 2.75) is 18.9 Å². The summed E-state index contributed by atoms with van der Waals surface area (Å²) in [6.45, 7) is 1.42. The van der Waals surface area contributed by atoms with Gasteiger partial charge in [0, 0.05) is 19.0 Å². The molecule has 1 amide bonds. The maximum atomic E-state index is 11.2. The number of ether oxygens (including phenoxy) is 1. The predicted octanol–water partition coefficient (Wildman–Crippen LogP) is 0.455. The largest absolute Gasteiger partial charge is 0.453 e. The Kier molecular flexibility index (Phi) is 2.15. The van der Waals surface area contributed by atoms with E-state index >= 15 is 0 Å². The molecule has 4 nitrogen and oxygen atoms in total. The van der Waals surface area contributed by atoms with Crippen LogP contribution in [0.3, 0.4) is 0 Å². The van der Waals surface area contributed by atoms with Crippen LogP contribution in [0.25, 0.3) is 0 Å². The standard InChI is InChI=1S/C9H15NO3/c1-13-9(12)10-4-6-2-3-8(11)7(6)5-10/h6-8,11H,2-5H2,1H3. The van der Waals surface area contributed by atoms with Crippen LogP contribution in [0.5, 0.6) is 0 Å². The van der Waals surface area contributed by atoms with Crippen molar-refractivity contribution in [1.29, 1.82) is 0 Å². The highest BCUT2D eigenvalue weighted by Gasteiger charge is 2.43. The summed E-state index contributed by atoms with van der Waals surface area (Å²) in [6, 6.07) is 0. The third-order valence-corrected chi connectivity index (χ3v) is 3.25. The number of rotatable bonds is 0. The number of methoxy groups -OCH3 is 1. The average Bonchev–Trinajstić information content (AvgIpc) is 2.67. The summed E-state index contributed by atoms with van der Waals surface area (Å²) in [6.07, 6.45) is 1.46. The van der Waals surface area contributed by atoms with Gasteiger partial charge in [0.1, 0.15) is 0 Å². The number of likely N-dealkylation sites (tertiary alicyclic amines) is 1. The summed E-state index contributed by atoms with van der Waals surface area (Å²) in [4.78, 5) is 12.9. The molecule has 13 heavy (non-hydrogen) atoms. The molecule has 0 aromatic rings. The number of aliphatic hydroxyl groups excluding tert-OH is 1. The Hall–Kier alpha value is -0.770. The first kappa shape index (κ1) is 8.81. The van der Waals surface area contributed by atoms with Gasteiger partial charge in [0.05, 0.1) is 13.2 Å². The summed E-state index contributed by atoms with van der Waals surface area (Å²) < 4.78 is 4.64. The third kappa shape index (κ3) is 1.39. The van der Waals surface area contributed by atoms with E-state index in [-0.39, 0.29) is 12.2 Å².